The van der Waals surface area contributed by atoms with Crippen molar-refractivity contribution in [2.45, 2.75) is 19.6 Å². The first-order chi connectivity index (χ1) is 8.65. The average Bonchev–Trinajstić information content (AvgIpc) is 2.34. The SMILES string of the molecule is Cc1ccc(O)c(CNCC2CN(C)CCO2)c1. The molecule has 1 aromatic rings. The van der Waals surface area contributed by atoms with Crippen LogP contribution < -0.4 is 5.32 Å². The maximum Gasteiger partial charge on any atom is 0.120 e. The summed E-state index contributed by atoms with van der Waals surface area (Å²) in [6.45, 7) is 6.30. The summed E-state index contributed by atoms with van der Waals surface area (Å²) in [6, 6.07) is 5.67. The zero-order chi connectivity index (χ0) is 13.0. The van der Waals surface area contributed by atoms with Gasteiger partial charge >= 0.3 is 0 Å². The molecular weight excluding hydrogens is 228 g/mol. The minimum Gasteiger partial charge on any atom is -0.508 e. The Morgan fingerprint density at radius 3 is 3.11 bits per heavy atom. The molecule has 0 amide bonds. The van der Waals surface area contributed by atoms with Gasteiger partial charge in [-0.25, -0.2) is 0 Å². The van der Waals surface area contributed by atoms with Gasteiger partial charge in [0.15, 0.2) is 0 Å². The Bertz CT molecular complexity index is 395. The minimum absolute atomic E-state index is 0.246. The number of aryl methyl sites for hydroxylation is 1. The molecule has 0 aromatic heterocycles. The fourth-order valence-corrected chi connectivity index (χ4v) is 2.21. The molecule has 100 valence electrons. The lowest BCUT2D eigenvalue weighted by Crippen LogP contribution is -2.44. The van der Waals surface area contributed by atoms with Crippen LogP contribution in [-0.2, 0) is 11.3 Å². The summed E-state index contributed by atoms with van der Waals surface area (Å²) in [5.74, 6) is 0.356. The number of nitrogens with one attached hydrogen (secondary N) is 1. The topological polar surface area (TPSA) is 44.7 Å². The zero-order valence-electron chi connectivity index (χ0n) is 11.1. The van der Waals surface area contributed by atoms with Crippen molar-refractivity contribution in [1.29, 1.82) is 0 Å². The van der Waals surface area contributed by atoms with E-state index in [0.29, 0.717) is 12.3 Å². The van der Waals surface area contributed by atoms with E-state index in [-0.39, 0.29) is 6.10 Å². The molecule has 0 bridgehead atoms. The molecule has 1 heterocycles. The maximum atomic E-state index is 9.73. The number of morpholine rings is 1. The average molecular weight is 250 g/mol. The molecule has 0 spiro atoms. The molecule has 1 saturated heterocycles. The van der Waals surface area contributed by atoms with Crippen LogP contribution in [0.4, 0.5) is 0 Å². The van der Waals surface area contributed by atoms with Crippen molar-refractivity contribution in [3.05, 3.63) is 29.3 Å². The van der Waals surface area contributed by atoms with Crippen molar-refractivity contribution in [2.24, 2.45) is 0 Å². The van der Waals surface area contributed by atoms with Gasteiger partial charge in [-0.15, -0.1) is 0 Å². The van der Waals surface area contributed by atoms with Crippen molar-refractivity contribution in [3.63, 3.8) is 0 Å². The Kier molecular flexibility index (Phi) is 4.58. The van der Waals surface area contributed by atoms with Crippen LogP contribution in [0.3, 0.4) is 0 Å². The van der Waals surface area contributed by atoms with Crippen LogP contribution in [0.15, 0.2) is 18.2 Å². The predicted molar refractivity (Wildman–Crippen MR) is 71.8 cm³/mol. The molecule has 1 atom stereocenters. The molecule has 4 nitrogen and oxygen atoms in total. The van der Waals surface area contributed by atoms with Crippen molar-refractivity contribution in [1.82, 2.24) is 10.2 Å². The van der Waals surface area contributed by atoms with E-state index in [1.54, 1.807) is 6.07 Å². The van der Waals surface area contributed by atoms with E-state index < -0.39 is 0 Å². The predicted octanol–water partition coefficient (Wildman–Crippen LogP) is 1.12. The van der Waals surface area contributed by atoms with Gasteiger partial charge in [0, 0.05) is 31.7 Å². The van der Waals surface area contributed by atoms with Crippen molar-refractivity contribution in [3.8, 4) is 5.75 Å². The number of aromatic hydroxyl groups is 1. The quantitative estimate of drug-likeness (QED) is 0.840. The Labute approximate surface area is 109 Å². The van der Waals surface area contributed by atoms with E-state index in [0.717, 1.165) is 31.8 Å². The molecular formula is C14H22N2O2. The fourth-order valence-electron chi connectivity index (χ4n) is 2.21. The van der Waals surface area contributed by atoms with E-state index in [9.17, 15) is 5.11 Å². The molecule has 18 heavy (non-hydrogen) atoms. The number of rotatable bonds is 4. The summed E-state index contributed by atoms with van der Waals surface area (Å²) < 4.78 is 5.67. The fraction of sp³-hybridized carbons (Fsp3) is 0.571. The van der Waals surface area contributed by atoms with E-state index in [1.165, 1.54) is 5.56 Å². The number of hydrogen-bond acceptors (Lipinski definition) is 4. The highest BCUT2D eigenvalue weighted by molar-refractivity contribution is 5.35. The lowest BCUT2D eigenvalue weighted by molar-refractivity contribution is -0.0182. The molecule has 2 N–H and O–H groups in total. The van der Waals surface area contributed by atoms with Gasteiger partial charge < -0.3 is 20.1 Å². The molecule has 4 heteroatoms. The number of benzene rings is 1. The molecule has 1 aliphatic heterocycles. The first-order valence-corrected chi connectivity index (χ1v) is 6.44. The van der Waals surface area contributed by atoms with Crippen LogP contribution in [0.25, 0.3) is 0 Å². The third-order valence-electron chi connectivity index (χ3n) is 3.26. The Hall–Kier alpha value is -1.10. The van der Waals surface area contributed by atoms with E-state index in [2.05, 4.69) is 17.3 Å². The smallest absolute Gasteiger partial charge is 0.120 e. The largest absolute Gasteiger partial charge is 0.508 e. The van der Waals surface area contributed by atoms with Crippen LogP contribution in [0.5, 0.6) is 5.75 Å². The summed E-state index contributed by atoms with van der Waals surface area (Å²) in [4.78, 5) is 2.28. The van der Waals surface area contributed by atoms with Gasteiger partial charge in [0.05, 0.1) is 12.7 Å². The Balaban J connectivity index is 1.79. The molecule has 1 aromatic carbocycles. The van der Waals surface area contributed by atoms with Gasteiger partial charge in [-0.3, -0.25) is 0 Å². The Morgan fingerprint density at radius 1 is 1.50 bits per heavy atom. The number of likely N-dealkylation sites (N-methyl/N-ethyl adjacent to an activating group) is 1. The zero-order valence-corrected chi connectivity index (χ0v) is 11.1. The van der Waals surface area contributed by atoms with Crippen LogP contribution >= 0.6 is 0 Å². The second kappa shape index (κ2) is 6.18. The number of hydrogen-bond donors (Lipinski definition) is 2. The normalized spacial score (nSPS) is 21.1. The number of phenols is 1. The highest BCUT2D eigenvalue weighted by atomic mass is 16.5. The lowest BCUT2D eigenvalue weighted by Gasteiger charge is -2.30. The first-order valence-electron chi connectivity index (χ1n) is 6.44. The number of nitrogens with zero attached hydrogens (tertiary/aromatic N) is 1. The molecule has 0 aliphatic carbocycles. The molecule has 2 rings (SSSR count). The molecule has 0 radical (unpaired) electrons. The van der Waals surface area contributed by atoms with Gasteiger partial charge in [0.25, 0.3) is 0 Å². The van der Waals surface area contributed by atoms with Gasteiger partial charge in [0.1, 0.15) is 5.75 Å². The third kappa shape index (κ3) is 3.70. The minimum atomic E-state index is 0.246. The van der Waals surface area contributed by atoms with Crippen LogP contribution in [0.2, 0.25) is 0 Å². The summed E-state index contributed by atoms with van der Waals surface area (Å²) in [5.41, 5.74) is 2.11. The maximum absolute atomic E-state index is 9.73. The van der Waals surface area contributed by atoms with Crippen molar-refractivity contribution in [2.75, 3.05) is 33.3 Å². The number of ether oxygens (including phenoxy) is 1. The molecule has 1 fully saturated rings. The summed E-state index contributed by atoms with van der Waals surface area (Å²) >= 11 is 0. The van der Waals surface area contributed by atoms with Crippen molar-refractivity contribution < 1.29 is 9.84 Å². The highest BCUT2D eigenvalue weighted by Gasteiger charge is 2.16. The van der Waals surface area contributed by atoms with Crippen LogP contribution in [0, 0.1) is 6.92 Å². The van der Waals surface area contributed by atoms with E-state index >= 15 is 0 Å². The number of phenolic OH excluding ortho intramolecular Hbond substituents is 1. The summed E-state index contributed by atoms with van der Waals surface area (Å²) in [6.07, 6.45) is 0.246. The molecule has 1 unspecified atom stereocenters. The summed E-state index contributed by atoms with van der Waals surface area (Å²) in [7, 11) is 2.11. The second-order valence-corrected chi connectivity index (χ2v) is 5.02. The second-order valence-electron chi connectivity index (χ2n) is 5.02. The first kappa shape index (κ1) is 13.3. The molecule has 1 aliphatic rings. The van der Waals surface area contributed by atoms with Gasteiger partial charge in [-0.05, 0) is 20.0 Å². The van der Waals surface area contributed by atoms with E-state index in [1.807, 2.05) is 19.1 Å². The monoisotopic (exact) mass is 250 g/mol. The summed E-state index contributed by atoms with van der Waals surface area (Å²) in [5, 5.41) is 13.1. The highest BCUT2D eigenvalue weighted by Crippen LogP contribution is 2.17. The Morgan fingerprint density at radius 2 is 2.33 bits per heavy atom. The van der Waals surface area contributed by atoms with Crippen LogP contribution in [-0.4, -0.2) is 49.4 Å². The standard InChI is InChI=1S/C14H22N2O2/c1-11-3-4-14(17)12(7-11)8-15-9-13-10-16(2)5-6-18-13/h3-4,7,13,15,17H,5-6,8-10H2,1-2H3. The van der Waals surface area contributed by atoms with Gasteiger partial charge in [-0.1, -0.05) is 17.7 Å². The van der Waals surface area contributed by atoms with Gasteiger partial charge in [0.2, 0.25) is 0 Å². The van der Waals surface area contributed by atoms with E-state index in [4.69, 9.17) is 4.74 Å². The van der Waals surface area contributed by atoms with Crippen molar-refractivity contribution >= 4 is 0 Å². The lowest BCUT2D eigenvalue weighted by atomic mass is 10.1. The van der Waals surface area contributed by atoms with Gasteiger partial charge in [-0.2, -0.15) is 0 Å². The van der Waals surface area contributed by atoms with Crippen LogP contribution in [0.1, 0.15) is 11.1 Å². The third-order valence-corrected chi connectivity index (χ3v) is 3.26. The molecule has 0 saturated carbocycles.